The van der Waals surface area contributed by atoms with Crippen LogP contribution < -0.4 is 15.4 Å². The monoisotopic (exact) mass is 295 g/mol. The molecule has 1 heterocycles. The first-order valence-corrected chi connectivity index (χ1v) is 7.77. The fourth-order valence-corrected chi connectivity index (χ4v) is 2.54. The second-order valence-electron chi connectivity index (χ2n) is 5.25. The summed E-state index contributed by atoms with van der Waals surface area (Å²) in [7, 11) is 0. The van der Waals surface area contributed by atoms with E-state index in [1.165, 1.54) is 0 Å². The smallest absolute Gasteiger partial charge is 0.323 e. The van der Waals surface area contributed by atoms with Crippen molar-refractivity contribution in [3.8, 4) is 6.01 Å². The van der Waals surface area contributed by atoms with Crippen molar-refractivity contribution >= 4 is 11.9 Å². The fraction of sp³-hybridized carbons (Fsp3) is 0.786. The van der Waals surface area contributed by atoms with Crippen LogP contribution in [0.2, 0.25) is 0 Å². The third-order valence-electron chi connectivity index (χ3n) is 3.63. The summed E-state index contributed by atoms with van der Waals surface area (Å²) < 4.78 is 5.39. The third-order valence-corrected chi connectivity index (χ3v) is 3.63. The maximum atomic E-state index is 9.39. The minimum Gasteiger partial charge on any atom is -0.464 e. The van der Waals surface area contributed by atoms with Crippen LogP contribution in [0.4, 0.5) is 11.9 Å². The van der Waals surface area contributed by atoms with Gasteiger partial charge in [-0.15, -0.1) is 0 Å². The summed E-state index contributed by atoms with van der Waals surface area (Å²) in [5, 5.41) is 15.9. The molecule has 1 fully saturated rings. The van der Waals surface area contributed by atoms with Crippen LogP contribution in [0.25, 0.3) is 0 Å². The van der Waals surface area contributed by atoms with Gasteiger partial charge in [0, 0.05) is 25.1 Å². The Bertz CT molecular complexity index is 443. The number of aliphatic hydroxyl groups is 1. The Hall–Kier alpha value is -1.63. The SMILES string of the molecule is CCCNc1nc(NC2CCCC2CO)nc(OCC)n1. The van der Waals surface area contributed by atoms with E-state index < -0.39 is 0 Å². The number of ether oxygens (including phenoxy) is 1. The number of nitrogens with zero attached hydrogens (tertiary/aromatic N) is 3. The lowest BCUT2D eigenvalue weighted by Gasteiger charge is -2.19. The summed E-state index contributed by atoms with van der Waals surface area (Å²) in [5.74, 6) is 1.30. The number of hydrogen-bond donors (Lipinski definition) is 3. The number of anilines is 2. The topological polar surface area (TPSA) is 92.2 Å². The summed E-state index contributed by atoms with van der Waals surface area (Å²) in [6, 6.07) is 0.540. The van der Waals surface area contributed by atoms with Crippen molar-refractivity contribution in [1.82, 2.24) is 15.0 Å². The molecule has 0 aromatic carbocycles. The van der Waals surface area contributed by atoms with E-state index in [1.54, 1.807) is 0 Å². The first-order valence-electron chi connectivity index (χ1n) is 7.77. The highest BCUT2D eigenvalue weighted by Gasteiger charge is 2.27. The van der Waals surface area contributed by atoms with Crippen molar-refractivity contribution in [1.29, 1.82) is 0 Å². The molecule has 2 unspecified atom stereocenters. The standard InChI is InChI=1S/C14H25N5O2/c1-3-8-15-12-17-13(19-14(18-12)21-4-2)16-11-7-5-6-10(11)9-20/h10-11,20H,3-9H2,1-2H3,(H2,15,16,17,18,19). The average Bonchev–Trinajstić information content (AvgIpc) is 2.92. The maximum absolute atomic E-state index is 9.39. The summed E-state index contributed by atoms with van der Waals surface area (Å²) in [6.07, 6.45) is 4.18. The molecule has 3 N–H and O–H groups in total. The highest BCUT2D eigenvalue weighted by molar-refractivity contribution is 5.37. The Morgan fingerprint density at radius 3 is 2.71 bits per heavy atom. The molecule has 0 bridgehead atoms. The molecule has 7 nitrogen and oxygen atoms in total. The van der Waals surface area contributed by atoms with Crippen molar-refractivity contribution < 1.29 is 9.84 Å². The number of hydrogen-bond acceptors (Lipinski definition) is 7. The Balaban J connectivity index is 2.10. The number of rotatable bonds is 8. The quantitative estimate of drug-likeness (QED) is 0.671. The minimum absolute atomic E-state index is 0.196. The van der Waals surface area contributed by atoms with Crippen LogP contribution in [0.15, 0.2) is 0 Å². The lowest BCUT2D eigenvalue weighted by atomic mass is 10.1. The molecular formula is C14H25N5O2. The van der Waals surface area contributed by atoms with Gasteiger partial charge in [-0.05, 0) is 26.2 Å². The molecule has 0 aliphatic heterocycles. The van der Waals surface area contributed by atoms with Gasteiger partial charge in [-0.1, -0.05) is 13.3 Å². The molecule has 1 aliphatic carbocycles. The van der Waals surface area contributed by atoms with Gasteiger partial charge < -0.3 is 20.5 Å². The molecule has 1 aromatic heterocycles. The van der Waals surface area contributed by atoms with E-state index in [1.807, 2.05) is 6.92 Å². The number of aromatic nitrogens is 3. The van der Waals surface area contributed by atoms with E-state index in [9.17, 15) is 5.11 Å². The molecular weight excluding hydrogens is 270 g/mol. The highest BCUT2D eigenvalue weighted by Crippen LogP contribution is 2.27. The highest BCUT2D eigenvalue weighted by atomic mass is 16.5. The zero-order valence-corrected chi connectivity index (χ0v) is 12.8. The predicted octanol–water partition coefficient (Wildman–Crippen LogP) is 1.67. The van der Waals surface area contributed by atoms with Gasteiger partial charge in [0.2, 0.25) is 11.9 Å². The lowest BCUT2D eigenvalue weighted by Crippen LogP contribution is -2.27. The van der Waals surface area contributed by atoms with Crippen molar-refractivity contribution in [2.75, 3.05) is 30.4 Å². The Labute approximate surface area is 125 Å². The van der Waals surface area contributed by atoms with Crippen molar-refractivity contribution in [2.45, 2.75) is 45.6 Å². The Morgan fingerprint density at radius 1 is 1.19 bits per heavy atom. The van der Waals surface area contributed by atoms with Crippen molar-refractivity contribution in [3.05, 3.63) is 0 Å². The largest absolute Gasteiger partial charge is 0.464 e. The molecule has 118 valence electrons. The first kappa shape index (κ1) is 15.8. The summed E-state index contributed by atoms with van der Waals surface area (Å²) in [5.41, 5.74) is 0. The van der Waals surface area contributed by atoms with Gasteiger partial charge in [-0.3, -0.25) is 0 Å². The normalized spacial score (nSPS) is 21.3. The molecule has 7 heteroatoms. The van der Waals surface area contributed by atoms with Gasteiger partial charge in [0.25, 0.3) is 0 Å². The van der Waals surface area contributed by atoms with Gasteiger partial charge in [0.15, 0.2) is 0 Å². The van der Waals surface area contributed by atoms with Gasteiger partial charge >= 0.3 is 6.01 Å². The number of aliphatic hydroxyl groups excluding tert-OH is 1. The first-order chi connectivity index (χ1) is 10.3. The molecule has 0 radical (unpaired) electrons. The van der Waals surface area contributed by atoms with Gasteiger partial charge in [0.05, 0.1) is 6.61 Å². The zero-order chi connectivity index (χ0) is 15.1. The summed E-state index contributed by atoms with van der Waals surface area (Å²) in [4.78, 5) is 12.9. The molecule has 1 saturated carbocycles. The minimum atomic E-state index is 0.196. The van der Waals surface area contributed by atoms with E-state index >= 15 is 0 Å². The van der Waals surface area contributed by atoms with Crippen LogP contribution in [0.1, 0.15) is 39.5 Å². The molecule has 2 atom stereocenters. The van der Waals surface area contributed by atoms with Crippen LogP contribution in [-0.4, -0.2) is 45.9 Å². The van der Waals surface area contributed by atoms with E-state index in [4.69, 9.17) is 4.74 Å². The van der Waals surface area contributed by atoms with E-state index in [0.29, 0.717) is 24.5 Å². The van der Waals surface area contributed by atoms with Crippen LogP contribution in [0.5, 0.6) is 6.01 Å². The van der Waals surface area contributed by atoms with Crippen molar-refractivity contribution in [2.24, 2.45) is 5.92 Å². The van der Waals surface area contributed by atoms with Crippen LogP contribution >= 0.6 is 0 Å². The molecule has 21 heavy (non-hydrogen) atoms. The lowest BCUT2D eigenvalue weighted by molar-refractivity contribution is 0.222. The van der Waals surface area contributed by atoms with Crippen LogP contribution in [0, 0.1) is 5.92 Å². The molecule has 1 aliphatic rings. The summed E-state index contributed by atoms with van der Waals surface area (Å²) in [6.45, 7) is 5.50. The van der Waals surface area contributed by atoms with E-state index in [2.05, 4.69) is 32.5 Å². The molecule has 0 spiro atoms. The second kappa shape index (κ2) is 7.97. The fourth-order valence-electron chi connectivity index (χ4n) is 2.54. The molecule has 0 amide bonds. The van der Waals surface area contributed by atoms with Gasteiger partial charge in [-0.2, -0.15) is 15.0 Å². The summed E-state index contributed by atoms with van der Waals surface area (Å²) >= 11 is 0. The van der Waals surface area contributed by atoms with Gasteiger partial charge in [0.1, 0.15) is 0 Å². The van der Waals surface area contributed by atoms with Gasteiger partial charge in [-0.25, -0.2) is 0 Å². The Morgan fingerprint density at radius 2 is 2.00 bits per heavy atom. The number of nitrogens with one attached hydrogen (secondary N) is 2. The van der Waals surface area contributed by atoms with E-state index in [-0.39, 0.29) is 18.6 Å². The molecule has 2 rings (SSSR count). The predicted molar refractivity (Wildman–Crippen MR) is 81.6 cm³/mol. The molecule has 1 aromatic rings. The second-order valence-corrected chi connectivity index (χ2v) is 5.25. The van der Waals surface area contributed by atoms with Crippen molar-refractivity contribution in [3.63, 3.8) is 0 Å². The average molecular weight is 295 g/mol. The van der Waals surface area contributed by atoms with E-state index in [0.717, 1.165) is 32.2 Å². The zero-order valence-electron chi connectivity index (χ0n) is 12.8. The third kappa shape index (κ3) is 4.42. The maximum Gasteiger partial charge on any atom is 0.323 e. The molecule has 0 saturated heterocycles. The Kier molecular flexibility index (Phi) is 5.98. The van der Waals surface area contributed by atoms with Crippen LogP contribution in [-0.2, 0) is 0 Å². The van der Waals surface area contributed by atoms with Crippen LogP contribution in [0.3, 0.4) is 0 Å².